The van der Waals surface area contributed by atoms with Gasteiger partial charge in [0, 0.05) is 55.0 Å². The fourth-order valence-corrected chi connectivity index (χ4v) is 6.18. The molecule has 0 fully saturated rings. The van der Waals surface area contributed by atoms with Crippen LogP contribution in [0.5, 0.6) is 5.75 Å². The third-order valence-electron chi connectivity index (χ3n) is 6.33. The number of hydrogen-bond acceptors (Lipinski definition) is 10. The van der Waals surface area contributed by atoms with Crippen molar-refractivity contribution in [3.63, 3.8) is 0 Å². The molecule has 0 N–H and O–H groups in total. The highest BCUT2D eigenvalue weighted by Gasteiger charge is 2.14. The van der Waals surface area contributed by atoms with Crippen LogP contribution in [0.15, 0.2) is 114 Å². The molecule has 49 heavy (non-hydrogen) atoms. The van der Waals surface area contributed by atoms with Gasteiger partial charge in [0.05, 0.1) is 12.0 Å². The summed E-state index contributed by atoms with van der Waals surface area (Å²) >= 11 is 4.68. The van der Waals surface area contributed by atoms with E-state index in [0.717, 1.165) is 42.8 Å². The van der Waals surface area contributed by atoms with Crippen LogP contribution in [0.3, 0.4) is 0 Å². The molecule has 1 aromatic heterocycles. The molecule has 0 aliphatic carbocycles. The molecule has 10 heteroatoms. The maximum absolute atomic E-state index is 12.6. The van der Waals surface area contributed by atoms with E-state index in [-0.39, 0.29) is 12.2 Å². The van der Waals surface area contributed by atoms with E-state index in [1.807, 2.05) is 60.7 Å². The van der Waals surface area contributed by atoms with E-state index in [0.29, 0.717) is 36.0 Å². The first-order valence-electron chi connectivity index (χ1n) is 14.9. The average Bonchev–Trinajstić information content (AvgIpc) is 3.60. The molecule has 0 amide bonds. The molecule has 1 heterocycles. The zero-order valence-corrected chi connectivity index (χ0v) is 29.1. The molecular formula is C39H32O7S3. The van der Waals surface area contributed by atoms with Crippen LogP contribution in [-0.2, 0) is 30.4 Å². The van der Waals surface area contributed by atoms with E-state index in [4.69, 9.17) is 18.9 Å². The number of esters is 3. The SMILES string of the molecule is C=CC(=O)OCCSc1ccc(C#Cc2ccc(OCc3ccc(C#Cc4ccc(SCCOC(=O)C=C)cc4)s3)c(C(=O)OC)c2)cc1. The van der Waals surface area contributed by atoms with Crippen molar-refractivity contribution in [3.8, 4) is 29.4 Å². The molecular weight excluding hydrogens is 677 g/mol. The van der Waals surface area contributed by atoms with Gasteiger partial charge < -0.3 is 18.9 Å². The van der Waals surface area contributed by atoms with E-state index in [9.17, 15) is 14.4 Å². The summed E-state index contributed by atoms with van der Waals surface area (Å²) in [6, 6.07) is 24.7. The summed E-state index contributed by atoms with van der Waals surface area (Å²) in [5, 5.41) is 0. The Morgan fingerprint density at radius 3 is 1.80 bits per heavy atom. The van der Waals surface area contributed by atoms with Crippen LogP contribution in [0, 0.1) is 23.7 Å². The Bertz CT molecular complexity index is 1900. The van der Waals surface area contributed by atoms with Gasteiger partial charge >= 0.3 is 17.9 Å². The maximum atomic E-state index is 12.6. The Morgan fingerprint density at radius 1 is 0.714 bits per heavy atom. The Morgan fingerprint density at radius 2 is 1.24 bits per heavy atom. The topological polar surface area (TPSA) is 88.1 Å². The molecule has 4 aromatic rings. The number of thiophene rings is 1. The van der Waals surface area contributed by atoms with Crippen molar-refractivity contribution in [2.45, 2.75) is 16.4 Å². The van der Waals surface area contributed by atoms with Crippen LogP contribution >= 0.6 is 34.9 Å². The maximum Gasteiger partial charge on any atom is 0.341 e. The van der Waals surface area contributed by atoms with Gasteiger partial charge in [-0.2, -0.15) is 0 Å². The van der Waals surface area contributed by atoms with Crippen LogP contribution in [-0.4, -0.2) is 49.7 Å². The Balaban J connectivity index is 1.31. The van der Waals surface area contributed by atoms with Crippen molar-refractivity contribution < 1.29 is 33.3 Å². The lowest BCUT2D eigenvalue weighted by Crippen LogP contribution is -2.06. The third-order valence-corrected chi connectivity index (χ3v) is 9.26. The minimum atomic E-state index is -0.517. The van der Waals surface area contributed by atoms with Crippen LogP contribution < -0.4 is 4.74 Å². The summed E-state index contributed by atoms with van der Waals surface area (Å²) < 4.78 is 21.0. The number of carbonyl (C=O) groups excluding carboxylic acids is 3. The summed E-state index contributed by atoms with van der Waals surface area (Å²) in [7, 11) is 1.33. The predicted octanol–water partition coefficient (Wildman–Crippen LogP) is 7.56. The zero-order chi connectivity index (χ0) is 34.8. The van der Waals surface area contributed by atoms with E-state index in [1.54, 1.807) is 41.7 Å². The summed E-state index contributed by atoms with van der Waals surface area (Å²) in [5.74, 6) is 12.9. The molecule has 7 nitrogen and oxygen atoms in total. The van der Waals surface area contributed by atoms with Crippen molar-refractivity contribution in [1.29, 1.82) is 0 Å². The minimum Gasteiger partial charge on any atom is -0.487 e. The van der Waals surface area contributed by atoms with Gasteiger partial charge in [0.2, 0.25) is 0 Å². The molecule has 248 valence electrons. The summed E-state index contributed by atoms with van der Waals surface area (Å²) in [5.41, 5.74) is 2.63. The van der Waals surface area contributed by atoms with Crippen molar-refractivity contribution in [1.82, 2.24) is 0 Å². The van der Waals surface area contributed by atoms with Crippen LogP contribution in [0.4, 0.5) is 0 Å². The summed E-state index contributed by atoms with van der Waals surface area (Å²) in [6.45, 7) is 7.65. The normalized spacial score (nSPS) is 9.98. The lowest BCUT2D eigenvalue weighted by atomic mass is 10.1. The van der Waals surface area contributed by atoms with E-state index < -0.39 is 17.9 Å². The molecule has 0 aliphatic rings. The van der Waals surface area contributed by atoms with Gasteiger partial charge in [0.1, 0.15) is 31.1 Å². The number of ether oxygens (including phenoxy) is 4. The average molecular weight is 709 g/mol. The van der Waals surface area contributed by atoms with Crippen LogP contribution in [0.2, 0.25) is 0 Å². The molecule has 4 rings (SSSR count). The zero-order valence-electron chi connectivity index (χ0n) is 26.7. The highest BCUT2D eigenvalue weighted by Crippen LogP contribution is 2.25. The van der Waals surface area contributed by atoms with Gasteiger partial charge in [0.25, 0.3) is 0 Å². The molecule has 0 aliphatic heterocycles. The second-order valence-electron chi connectivity index (χ2n) is 9.75. The van der Waals surface area contributed by atoms with E-state index in [1.165, 1.54) is 18.4 Å². The molecule has 0 bridgehead atoms. The lowest BCUT2D eigenvalue weighted by molar-refractivity contribution is -0.138. The monoisotopic (exact) mass is 708 g/mol. The van der Waals surface area contributed by atoms with Gasteiger partial charge in [-0.1, -0.05) is 36.8 Å². The highest BCUT2D eigenvalue weighted by molar-refractivity contribution is 7.99. The molecule has 0 radical (unpaired) electrons. The summed E-state index contributed by atoms with van der Waals surface area (Å²) in [4.78, 5) is 38.8. The Hall–Kier alpha value is -5.13. The van der Waals surface area contributed by atoms with Crippen molar-refractivity contribution in [2.24, 2.45) is 0 Å². The second-order valence-corrected chi connectivity index (χ2v) is 13.3. The first-order chi connectivity index (χ1) is 23.9. The molecule has 0 spiro atoms. The Kier molecular flexibility index (Phi) is 14.7. The standard InChI is InChI=1S/C39H32O7S3/c1-4-37(40)44-22-24-47-31-14-8-28(9-15-31)6-7-30-13-21-36(35(26-30)39(42)43-3)46-27-34-20-19-33(49-34)18-12-29-10-16-32(17-11-29)48-25-23-45-38(41)5-2/h4-5,8-11,13-17,19-21,26H,1-2,22-25,27H2,3H3. The lowest BCUT2D eigenvalue weighted by Gasteiger charge is -2.10. The largest absolute Gasteiger partial charge is 0.487 e. The van der Waals surface area contributed by atoms with Gasteiger partial charge in [-0.15, -0.1) is 34.9 Å². The third kappa shape index (κ3) is 12.4. The Labute approximate surface area is 298 Å². The van der Waals surface area contributed by atoms with Crippen LogP contribution in [0.1, 0.15) is 36.8 Å². The predicted molar refractivity (Wildman–Crippen MR) is 195 cm³/mol. The van der Waals surface area contributed by atoms with Gasteiger partial charge in [-0.05, 0) is 78.9 Å². The molecule has 3 aromatic carbocycles. The van der Waals surface area contributed by atoms with E-state index >= 15 is 0 Å². The fourth-order valence-electron chi connectivity index (χ4n) is 3.94. The van der Waals surface area contributed by atoms with Gasteiger partial charge in [-0.25, -0.2) is 14.4 Å². The number of thioether (sulfide) groups is 2. The number of hydrogen-bond donors (Lipinski definition) is 0. The smallest absolute Gasteiger partial charge is 0.341 e. The van der Waals surface area contributed by atoms with Gasteiger partial charge in [-0.3, -0.25) is 0 Å². The van der Waals surface area contributed by atoms with Crippen LogP contribution in [0.25, 0.3) is 0 Å². The minimum absolute atomic E-state index is 0.260. The molecule has 0 saturated carbocycles. The number of benzene rings is 3. The molecule has 0 atom stereocenters. The molecule has 0 saturated heterocycles. The van der Waals surface area contributed by atoms with Gasteiger partial charge in [0.15, 0.2) is 0 Å². The molecule has 0 unspecified atom stereocenters. The number of rotatable bonds is 14. The van der Waals surface area contributed by atoms with Crippen molar-refractivity contribution >= 4 is 52.8 Å². The number of carbonyl (C=O) groups is 3. The first-order valence-corrected chi connectivity index (χ1v) is 17.7. The highest BCUT2D eigenvalue weighted by atomic mass is 32.2. The summed E-state index contributed by atoms with van der Waals surface area (Å²) in [6.07, 6.45) is 2.30. The van der Waals surface area contributed by atoms with Crippen molar-refractivity contribution in [2.75, 3.05) is 31.8 Å². The fraction of sp³-hybridized carbons (Fsp3) is 0.154. The first kappa shape index (κ1) is 36.7. The quantitative estimate of drug-likeness (QED) is 0.0329. The van der Waals surface area contributed by atoms with E-state index in [2.05, 4.69) is 36.8 Å². The number of methoxy groups -OCH3 is 1. The second kappa shape index (κ2) is 19.6. The van der Waals surface area contributed by atoms with Crippen molar-refractivity contribution in [3.05, 3.63) is 136 Å².